The smallest absolute Gasteiger partial charge is 0.0691 e. The third kappa shape index (κ3) is 1.53. The number of nitrogens with two attached hydrogens (primary N) is 1. The van der Waals surface area contributed by atoms with Crippen LogP contribution >= 0.6 is 0 Å². The van der Waals surface area contributed by atoms with Gasteiger partial charge in [0, 0.05) is 6.54 Å². The van der Waals surface area contributed by atoms with Crippen molar-refractivity contribution in [3.63, 3.8) is 0 Å². The third-order valence-electron chi connectivity index (χ3n) is 1.75. The van der Waals surface area contributed by atoms with E-state index in [1.807, 2.05) is 0 Å². The average Bonchev–Trinajstić information content (AvgIpc) is 1.89. The lowest BCUT2D eigenvalue weighted by molar-refractivity contribution is 0.145. The van der Waals surface area contributed by atoms with Crippen molar-refractivity contribution in [2.24, 2.45) is 5.73 Å². The molecule has 0 spiro atoms. The molecule has 0 bridgehead atoms. The van der Waals surface area contributed by atoms with Crippen molar-refractivity contribution in [1.29, 1.82) is 0 Å². The molecule has 2 heteroatoms. The van der Waals surface area contributed by atoms with Crippen molar-refractivity contribution in [3.8, 4) is 0 Å². The average molecular weight is 127 g/mol. The Kier molecular flexibility index (Phi) is 2.25. The first kappa shape index (κ1) is 6.78. The van der Waals surface area contributed by atoms with Crippen LogP contribution in [0.1, 0.15) is 13.3 Å². The number of hydrogen-bond donors (Lipinski definition) is 1. The van der Waals surface area contributed by atoms with E-state index in [4.69, 9.17) is 10.5 Å². The van der Waals surface area contributed by atoms with E-state index in [1.165, 1.54) is 11.1 Å². The second-order valence-corrected chi connectivity index (χ2v) is 2.39. The van der Waals surface area contributed by atoms with E-state index in [0.717, 1.165) is 19.6 Å². The summed E-state index contributed by atoms with van der Waals surface area (Å²) in [4.78, 5) is 0. The van der Waals surface area contributed by atoms with E-state index in [0.29, 0.717) is 6.54 Å². The maximum absolute atomic E-state index is 5.46. The molecule has 9 heavy (non-hydrogen) atoms. The summed E-state index contributed by atoms with van der Waals surface area (Å²) in [5.74, 6) is 0. The quantitative estimate of drug-likeness (QED) is 0.526. The Balaban J connectivity index is 2.59. The van der Waals surface area contributed by atoms with E-state index >= 15 is 0 Å². The first-order chi connectivity index (χ1) is 4.34. The predicted octanol–water partition coefficient (Wildman–Crippen LogP) is 0.682. The molecular formula is C7H13NO. The van der Waals surface area contributed by atoms with Gasteiger partial charge in [0.1, 0.15) is 0 Å². The van der Waals surface area contributed by atoms with Crippen LogP contribution in [-0.4, -0.2) is 19.8 Å². The van der Waals surface area contributed by atoms with Crippen molar-refractivity contribution in [1.82, 2.24) is 0 Å². The summed E-state index contributed by atoms with van der Waals surface area (Å²) in [7, 11) is 0. The highest BCUT2D eigenvalue weighted by Crippen LogP contribution is 2.12. The molecule has 1 aliphatic rings. The zero-order chi connectivity index (χ0) is 6.69. The van der Waals surface area contributed by atoms with E-state index in [1.54, 1.807) is 0 Å². The van der Waals surface area contributed by atoms with Gasteiger partial charge in [-0.25, -0.2) is 0 Å². The summed E-state index contributed by atoms with van der Waals surface area (Å²) in [5.41, 5.74) is 8.15. The second-order valence-electron chi connectivity index (χ2n) is 2.39. The Hall–Kier alpha value is -0.340. The molecule has 2 nitrogen and oxygen atoms in total. The molecule has 52 valence electrons. The maximum Gasteiger partial charge on any atom is 0.0691 e. The molecule has 0 atom stereocenters. The molecule has 0 aromatic heterocycles. The lowest BCUT2D eigenvalue weighted by atomic mass is 10.1. The van der Waals surface area contributed by atoms with Crippen molar-refractivity contribution in [3.05, 3.63) is 11.1 Å². The molecule has 0 aromatic carbocycles. The molecule has 0 saturated carbocycles. The van der Waals surface area contributed by atoms with Gasteiger partial charge < -0.3 is 10.5 Å². The van der Waals surface area contributed by atoms with Gasteiger partial charge in [-0.05, 0) is 18.9 Å². The molecule has 0 fully saturated rings. The topological polar surface area (TPSA) is 35.2 Å². The van der Waals surface area contributed by atoms with E-state index in [2.05, 4.69) is 6.92 Å². The van der Waals surface area contributed by atoms with Crippen LogP contribution in [0, 0.1) is 0 Å². The summed E-state index contributed by atoms with van der Waals surface area (Å²) in [6, 6.07) is 0. The lowest BCUT2D eigenvalue weighted by Gasteiger charge is -2.16. The molecule has 0 aromatic rings. The minimum Gasteiger partial charge on any atom is -0.377 e. The molecule has 1 aliphatic heterocycles. The fourth-order valence-electron chi connectivity index (χ4n) is 0.954. The molecule has 0 amide bonds. The van der Waals surface area contributed by atoms with Crippen LogP contribution in [0.5, 0.6) is 0 Å². The molecule has 1 heterocycles. The number of ether oxygens (including phenoxy) is 1. The molecule has 0 aliphatic carbocycles. The van der Waals surface area contributed by atoms with Gasteiger partial charge in [-0.15, -0.1) is 0 Å². The van der Waals surface area contributed by atoms with Gasteiger partial charge in [-0.2, -0.15) is 0 Å². The Bertz CT molecular complexity index is 129. The second kappa shape index (κ2) is 2.99. The van der Waals surface area contributed by atoms with Crippen LogP contribution in [0.25, 0.3) is 0 Å². The van der Waals surface area contributed by atoms with Crippen molar-refractivity contribution in [2.45, 2.75) is 13.3 Å². The van der Waals surface area contributed by atoms with Crippen LogP contribution < -0.4 is 5.73 Å². The first-order valence-electron chi connectivity index (χ1n) is 3.30. The zero-order valence-electron chi connectivity index (χ0n) is 5.81. The fourth-order valence-corrected chi connectivity index (χ4v) is 0.954. The standard InChI is InChI=1S/C7H13NO/c1-6-2-3-9-5-7(6)4-8/h2-5,8H2,1H3. The predicted molar refractivity (Wildman–Crippen MR) is 37.2 cm³/mol. The Labute approximate surface area is 55.7 Å². The van der Waals surface area contributed by atoms with E-state index in [9.17, 15) is 0 Å². The van der Waals surface area contributed by atoms with Crippen molar-refractivity contribution in [2.75, 3.05) is 19.8 Å². The minimum atomic E-state index is 0.659. The lowest BCUT2D eigenvalue weighted by Crippen LogP contribution is -2.16. The Morgan fingerprint density at radius 2 is 2.44 bits per heavy atom. The summed E-state index contributed by atoms with van der Waals surface area (Å²) in [6.07, 6.45) is 1.06. The molecule has 0 saturated heterocycles. The van der Waals surface area contributed by atoms with E-state index < -0.39 is 0 Å². The zero-order valence-corrected chi connectivity index (χ0v) is 5.81. The number of rotatable bonds is 1. The molecular weight excluding hydrogens is 114 g/mol. The molecule has 1 rings (SSSR count). The van der Waals surface area contributed by atoms with Crippen LogP contribution in [0.2, 0.25) is 0 Å². The maximum atomic E-state index is 5.46. The molecule has 2 N–H and O–H groups in total. The van der Waals surface area contributed by atoms with Crippen LogP contribution in [0.3, 0.4) is 0 Å². The summed E-state index contributed by atoms with van der Waals surface area (Å²) >= 11 is 0. The Morgan fingerprint density at radius 3 is 2.89 bits per heavy atom. The van der Waals surface area contributed by atoms with Gasteiger partial charge in [0.05, 0.1) is 13.2 Å². The Morgan fingerprint density at radius 1 is 1.67 bits per heavy atom. The fraction of sp³-hybridized carbons (Fsp3) is 0.714. The van der Waals surface area contributed by atoms with Gasteiger partial charge in [-0.3, -0.25) is 0 Å². The van der Waals surface area contributed by atoms with Crippen molar-refractivity contribution >= 4 is 0 Å². The van der Waals surface area contributed by atoms with Gasteiger partial charge in [-0.1, -0.05) is 5.57 Å². The van der Waals surface area contributed by atoms with Crippen LogP contribution in [0.4, 0.5) is 0 Å². The van der Waals surface area contributed by atoms with Crippen LogP contribution in [-0.2, 0) is 4.74 Å². The van der Waals surface area contributed by atoms with Gasteiger partial charge in [0.25, 0.3) is 0 Å². The third-order valence-corrected chi connectivity index (χ3v) is 1.75. The van der Waals surface area contributed by atoms with Gasteiger partial charge in [0.2, 0.25) is 0 Å². The highest BCUT2D eigenvalue weighted by Gasteiger charge is 2.06. The largest absolute Gasteiger partial charge is 0.377 e. The van der Waals surface area contributed by atoms with E-state index in [-0.39, 0.29) is 0 Å². The minimum absolute atomic E-state index is 0.659. The highest BCUT2D eigenvalue weighted by molar-refractivity contribution is 5.15. The first-order valence-corrected chi connectivity index (χ1v) is 3.30. The van der Waals surface area contributed by atoms with Crippen molar-refractivity contribution < 1.29 is 4.74 Å². The summed E-state index contributed by atoms with van der Waals surface area (Å²) in [5, 5.41) is 0. The normalized spacial score (nSPS) is 20.7. The monoisotopic (exact) mass is 127 g/mol. The summed E-state index contributed by atoms with van der Waals surface area (Å²) < 4.78 is 5.21. The van der Waals surface area contributed by atoms with Crippen LogP contribution in [0.15, 0.2) is 11.1 Å². The summed E-state index contributed by atoms with van der Waals surface area (Å²) in [6.45, 7) is 4.41. The highest BCUT2D eigenvalue weighted by atomic mass is 16.5. The number of hydrogen-bond acceptors (Lipinski definition) is 2. The van der Waals surface area contributed by atoms with Gasteiger partial charge >= 0.3 is 0 Å². The molecule has 0 unspecified atom stereocenters. The van der Waals surface area contributed by atoms with Gasteiger partial charge in [0.15, 0.2) is 0 Å². The SMILES string of the molecule is CC1=C(CN)COCC1. The molecule has 0 radical (unpaired) electrons.